The smallest absolute Gasteiger partial charge is 0.00264 e. The second-order valence-corrected chi connectivity index (χ2v) is 15.6. The van der Waals surface area contributed by atoms with Crippen molar-refractivity contribution in [1.29, 1.82) is 0 Å². The van der Waals surface area contributed by atoms with Crippen LogP contribution in [0.5, 0.6) is 0 Å². The number of fused-ring (bicyclic) bond motifs is 5. The van der Waals surface area contributed by atoms with Gasteiger partial charge in [0.05, 0.1) is 0 Å². The summed E-state index contributed by atoms with van der Waals surface area (Å²) in [6.07, 6.45) is 0. The maximum absolute atomic E-state index is 2.25. The lowest BCUT2D eigenvalue weighted by atomic mass is 9.90. The maximum Gasteiger partial charge on any atom is -0.00264 e. The predicted octanol–water partition coefficient (Wildman–Crippen LogP) is 17.2. The molecule has 0 nitrogen and oxygen atoms in total. The van der Waals surface area contributed by atoms with Crippen LogP contribution in [-0.2, 0) is 0 Å². The zero-order valence-electron chi connectivity index (χ0n) is 33.1. The molecule has 14 aromatic carbocycles. The van der Waals surface area contributed by atoms with E-state index in [1.54, 1.807) is 0 Å². The Kier molecular flexibility index (Phi) is 8.95. The Morgan fingerprint density at radius 1 is 0.133 bits per heavy atom. The van der Waals surface area contributed by atoms with Crippen molar-refractivity contribution in [3.63, 3.8) is 0 Å². The van der Waals surface area contributed by atoms with E-state index in [9.17, 15) is 0 Å². The van der Waals surface area contributed by atoms with Crippen molar-refractivity contribution in [3.05, 3.63) is 243 Å². The highest BCUT2D eigenvalue weighted by Gasteiger charge is 2.11. The van der Waals surface area contributed by atoms with Gasteiger partial charge in [0, 0.05) is 0 Å². The van der Waals surface area contributed by atoms with E-state index in [-0.39, 0.29) is 0 Å². The summed E-state index contributed by atoms with van der Waals surface area (Å²) in [4.78, 5) is 0. The Balaban J connectivity index is 0.0000000933. The Hall–Kier alpha value is -7.80. The minimum atomic E-state index is 1.31. The van der Waals surface area contributed by atoms with Crippen LogP contribution in [0.4, 0.5) is 0 Å². The molecule has 60 heavy (non-hydrogen) atoms. The number of hydrogen-bond acceptors (Lipinski definition) is 0. The van der Waals surface area contributed by atoms with Gasteiger partial charge in [0.2, 0.25) is 0 Å². The summed E-state index contributed by atoms with van der Waals surface area (Å²) in [5.74, 6) is 0. The van der Waals surface area contributed by atoms with Gasteiger partial charge in [0.1, 0.15) is 0 Å². The first-order valence-electron chi connectivity index (χ1n) is 20.7. The molecule has 0 amide bonds. The Bertz CT molecular complexity index is 3310. The number of rotatable bonds is 0. The van der Waals surface area contributed by atoms with Crippen molar-refractivity contribution in [2.45, 2.75) is 0 Å². The van der Waals surface area contributed by atoms with Crippen LogP contribution in [0.15, 0.2) is 243 Å². The highest BCUT2D eigenvalue weighted by Crippen LogP contribution is 2.40. The Labute approximate surface area is 348 Å². The normalized spacial score (nSPS) is 11.3. The van der Waals surface area contributed by atoms with Crippen molar-refractivity contribution < 1.29 is 0 Å². The van der Waals surface area contributed by atoms with Crippen molar-refractivity contribution >= 4 is 108 Å². The second-order valence-electron chi connectivity index (χ2n) is 15.6. The van der Waals surface area contributed by atoms with E-state index in [0.717, 1.165) is 0 Å². The molecule has 280 valence electrons. The molecule has 0 saturated heterocycles. The summed E-state index contributed by atoms with van der Waals surface area (Å²) in [5.41, 5.74) is 0. The van der Waals surface area contributed by atoms with Crippen LogP contribution < -0.4 is 0 Å². The Morgan fingerprint density at radius 2 is 0.333 bits per heavy atom. The fourth-order valence-electron chi connectivity index (χ4n) is 9.26. The predicted molar refractivity (Wildman–Crippen MR) is 263 cm³/mol. The van der Waals surface area contributed by atoms with E-state index >= 15 is 0 Å². The molecular weight excluding hydrogens is 721 g/mol. The van der Waals surface area contributed by atoms with Crippen LogP contribution in [0.25, 0.3) is 108 Å². The van der Waals surface area contributed by atoms with Gasteiger partial charge >= 0.3 is 0 Å². The van der Waals surface area contributed by atoms with Gasteiger partial charge in [-0.25, -0.2) is 0 Å². The minimum Gasteiger partial charge on any atom is -0.0616 e. The van der Waals surface area contributed by atoms with Crippen molar-refractivity contribution in [2.24, 2.45) is 0 Å². The zero-order chi connectivity index (χ0) is 39.8. The average molecular weight is 761 g/mol. The highest BCUT2D eigenvalue weighted by molar-refractivity contribution is 6.32. The molecule has 14 aromatic rings. The molecule has 0 N–H and O–H groups in total. The number of benzene rings is 14. The topological polar surface area (TPSA) is 0 Å². The zero-order valence-corrected chi connectivity index (χ0v) is 33.1. The van der Waals surface area contributed by atoms with E-state index in [1.807, 2.05) is 0 Å². The van der Waals surface area contributed by atoms with Crippen molar-refractivity contribution in [1.82, 2.24) is 0 Å². The first-order chi connectivity index (χ1) is 29.8. The van der Waals surface area contributed by atoms with E-state index in [2.05, 4.69) is 243 Å². The molecule has 0 atom stereocenters. The van der Waals surface area contributed by atoms with Gasteiger partial charge in [-0.05, 0) is 120 Å². The fraction of sp³-hybridized carbons (Fsp3) is 0. The van der Waals surface area contributed by atoms with Gasteiger partial charge in [-0.15, -0.1) is 0 Å². The third-order valence-electron chi connectivity index (χ3n) is 12.1. The lowest BCUT2D eigenvalue weighted by Crippen LogP contribution is -1.85. The molecule has 0 saturated carbocycles. The van der Waals surface area contributed by atoms with Crippen LogP contribution in [0.1, 0.15) is 0 Å². The molecule has 0 spiro atoms. The molecular formula is C60H40. The quantitative estimate of drug-likeness (QED) is 0.107. The molecule has 0 unspecified atom stereocenters. The number of hydrogen-bond donors (Lipinski definition) is 0. The monoisotopic (exact) mass is 760 g/mol. The molecule has 0 heterocycles. The molecule has 0 fully saturated rings. The van der Waals surface area contributed by atoms with E-state index in [4.69, 9.17) is 0 Å². The summed E-state index contributed by atoms with van der Waals surface area (Å²) < 4.78 is 0. The third-order valence-corrected chi connectivity index (χ3v) is 12.1. The average Bonchev–Trinajstić information content (AvgIpc) is 3.32. The minimum absolute atomic E-state index is 1.31. The molecule has 0 radical (unpaired) electrons. The van der Waals surface area contributed by atoms with Gasteiger partial charge in [0.15, 0.2) is 0 Å². The summed E-state index contributed by atoms with van der Waals surface area (Å²) in [5, 5.41) is 26.9. The van der Waals surface area contributed by atoms with E-state index < -0.39 is 0 Å². The summed E-state index contributed by atoms with van der Waals surface area (Å²) in [6.45, 7) is 0. The van der Waals surface area contributed by atoms with Crippen LogP contribution in [0, 0.1) is 0 Å². The molecule has 0 aliphatic carbocycles. The molecule has 0 aliphatic heterocycles. The van der Waals surface area contributed by atoms with Gasteiger partial charge in [-0.2, -0.15) is 0 Å². The standard InChI is InChI=1S/C20H12.C16H10.C14H10.C10H8/c1-5-13-6-2-11-17-18-12-4-8-14-7-3-10-16(20(14)18)15(9-1)19(13)17;1-3-11-7-9-13-5-2-6-14-10-8-12(4-1)15(11)16(13)14;1-2-6-12-10-14-8-4-3-7-13(14)9-11(12)5-1;1-2-6-10-8-4-3-7-9(10)5-1/h1-12H;1-10H;1-10H;1-8H. The van der Waals surface area contributed by atoms with E-state index in [1.165, 1.54) is 108 Å². The van der Waals surface area contributed by atoms with Crippen LogP contribution in [-0.4, -0.2) is 0 Å². The molecule has 14 rings (SSSR count). The largest absolute Gasteiger partial charge is 0.0616 e. The van der Waals surface area contributed by atoms with Crippen LogP contribution in [0.2, 0.25) is 0 Å². The second kappa shape index (κ2) is 15.2. The Morgan fingerprint density at radius 3 is 0.600 bits per heavy atom. The highest BCUT2D eigenvalue weighted by atomic mass is 14.1. The van der Waals surface area contributed by atoms with Crippen LogP contribution >= 0.6 is 0 Å². The van der Waals surface area contributed by atoms with E-state index in [0.29, 0.717) is 0 Å². The lowest BCUT2D eigenvalue weighted by molar-refractivity contribution is 1.75. The molecule has 0 aliphatic rings. The van der Waals surface area contributed by atoms with Gasteiger partial charge in [-0.3, -0.25) is 0 Å². The van der Waals surface area contributed by atoms with Gasteiger partial charge < -0.3 is 0 Å². The summed E-state index contributed by atoms with van der Waals surface area (Å²) in [6, 6.07) is 86.4. The van der Waals surface area contributed by atoms with Crippen molar-refractivity contribution in [2.75, 3.05) is 0 Å². The van der Waals surface area contributed by atoms with Gasteiger partial charge in [-0.1, -0.05) is 231 Å². The molecule has 0 aromatic heterocycles. The van der Waals surface area contributed by atoms with Crippen molar-refractivity contribution in [3.8, 4) is 0 Å². The molecule has 0 bridgehead atoms. The summed E-state index contributed by atoms with van der Waals surface area (Å²) >= 11 is 0. The first-order valence-corrected chi connectivity index (χ1v) is 20.7. The maximum atomic E-state index is 2.25. The third kappa shape index (κ3) is 6.36. The summed E-state index contributed by atoms with van der Waals surface area (Å²) in [7, 11) is 0. The fourth-order valence-corrected chi connectivity index (χ4v) is 9.26. The molecule has 0 heteroatoms. The first kappa shape index (κ1) is 35.4. The van der Waals surface area contributed by atoms with Crippen LogP contribution in [0.3, 0.4) is 0 Å². The SMILES string of the molecule is c1cc2ccc3cccc4ccc(c1)c2c34.c1cc2cccc3c4cccc5cccc(c(c1)c23)c54.c1ccc2cc3ccccc3cc2c1.c1ccc2ccccc2c1. The lowest BCUT2D eigenvalue weighted by Gasteiger charge is -2.13. The van der Waals surface area contributed by atoms with Gasteiger partial charge in [0.25, 0.3) is 0 Å².